The molecule has 0 amide bonds. The number of piperidine rings is 1. The third kappa shape index (κ3) is 3.16. The zero-order valence-corrected chi connectivity index (χ0v) is 10.0. The average molecular weight is 212 g/mol. The van der Waals surface area contributed by atoms with Crippen LogP contribution in [-0.2, 0) is 4.74 Å². The van der Waals surface area contributed by atoms with E-state index in [0.29, 0.717) is 18.2 Å². The van der Waals surface area contributed by atoms with Crippen LogP contribution in [0.25, 0.3) is 0 Å². The molecule has 0 aromatic carbocycles. The van der Waals surface area contributed by atoms with Crippen LogP contribution in [-0.4, -0.2) is 49.3 Å². The second-order valence-electron chi connectivity index (χ2n) is 5.10. The fraction of sp³-hybridized carbons (Fsp3) is 1.00. The number of hydrogen-bond donors (Lipinski definition) is 1. The summed E-state index contributed by atoms with van der Waals surface area (Å²) in [5, 5.41) is 3.40. The van der Waals surface area contributed by atoms with Crippen molar-refractivity contribution in [1.29, 1.82) is 0 Å². The molecule has 1 N–H and O–H groups in total. The molecule has 0 bridgehead atoms. The van der Waals surface area contributed by atoms with E-state index in [9.17, 15) is 0 Å². The summed E-state index contributed by atoms with van der Waals surface area (Å²) in [5.74, 6) is 0. The van der Waals surface area contributed by atoms with Crippen molar-refractivity contribution in [3.8, 4) is 0 Å². The third-order valence-corrected chi connectivity index (χ3v) is 3.54. The molecule has 0 radical (unpaired) electrons. The van der Waals surface area contributed by atoms with Gasteiger partial charge in [-0.2, -0.15) is 0 Å². The highest BCUT2D eigenvalue weighted by atomic mass is 16.5. The number of nitrogens with one attached hydrogen (secondary N) is 1. The third-order valence-electron chi connectivity index (χ3n) is 3.54. The van der Waals surface area contributed by atoms with E-state index < -0.39 is 0 Å². The van der Waals surface area contributed by atoms with Crippen molar-refractivity contribution in [2.24, 2.45) is 0 Å². The lowest BCUT2D eigenvalue weighted by Gasteiger charge is -2.27. The molecule has 2 saturated heterocycles. The summed E-state index contributed by atoms with van der Waals surface area (Å²) >= 11 is 0. The van der Waals surface area contributed by atoms with Crippen LogP contribution in [0.2, 0.25) is 0 Å². The van der Waals surface area contributed by atoms with Crippen LogP contribution < -0.4 is 5.32 Å². The minimum absolute atomic E-state index is 0.468. The maximum atomic E-state index is 6.13. The van der Waals surface area contributed by atoms with Crippen molar-refractivity contribution >= 4 is 0 Å². The smallest absolute Gasteiger partial charge is 0.0718 e. The SMILES string of the molecule is CC(C)N1CCC(OC2CCCNC2)C1. The van der Waals surface area contributed by atoms with Crippen LogP contribution in [0.4, 0.5) is 0 Å². The summed E-state index contributed by atoms with van der Waals surface area (Å²) in [6.07, 6.45) is 4.68. The largest absolute Gasteiger partial charge is 0.372 e. The molecule has 0 aromatic heterocycles. The van der Waals surface area contributed by atoms with Gasteiger partial charge in [-0.05, 0) is 39.7 Å². The van der Waals surface area contributed by atoms with Crippen molar-refractivity contribution in [3.63, 3.8) is 0 Å². The van der Waals surface area contributed by atoms with Gasteiger partial charge < -0.3 is 10.1 Å². The fourth-order valence-corrected chi connectivity index (χ4v) is 2.54. The predicted octanol–water partition coefficient (Wildman–Crippen LogP) is 1.24. The Balaban J connectivity index is 1.71. The first-order valence-corrected chi connectivity index (χ1v) is 6.36. The van der Waals surface area contributed by atoms with E-state index in [4.69, 9.17) is 4.74 Å². The molecule has 2 fully saturated rings. The molecule has 2 unspecified atom stereocenters. The fourth-order valence-electron chi connectivity index (χ4n) is 2.54. The highest BCUT2D eigenvalue weighted by Crippen LogP contribution is 2.18. The molecule has 2 heterocycles. The lowest BCUT2D eigenvalue weighted by atomic mass is 10.1. The van der Waals surface area contributed by atoms with Crippen LogP contribution in [0.1, 0.15) is 33.1 Å². The first-order chi connectivity index (χ1) is 7.25. The van der Waals surface area contributed by atoms with E-state index in [1.807, 2.05) is 0 Å². The van der Waals surface area contributed by atoms with Crippen LogP contribution in [0.3, 0.4) is 0 Å². The second-order valence-corrected chi connectivity index (χ2v) is 5.10. The van der Waals surface area contributed by atoms with Gasteiger partial charge in [0, 0.05) is 25.7 Å². The number of rotatable bonds is 3. The van der Waals surface area contributed by atoms with Crippen molar-refractivity contribution < 1.29 is 4.74 Å². The van der Waals surface area contributed by atoms with Crippen molar-refractivity contribution in [3.05, 3.63) is 0 Å². The molecule has 3 heteroatoms. The first kappa shape index (κ1) is 11.4. The quantitative estimate of drug-likeness (QED) is 0.762. The maximum absolute atomic E-state index is 6.13. The highest BCUT2D eigenvalue weighted by molar-refractivity contribution is 4.80. The lowest BCUT2D eigenvalue weighted by Crippen LogP contribution is -2.38. The molecule has 0 aromatic rings. The van der Waals surface area contributed by atoms with E-state index >= 15 is 0 Å². The van der Waals surface area contributed by atoms with Gasteiger partial charge in [0.25, 0.3) is 0 Å². The Morgan fingerprint density at radius 1 is 1.27 bits per heavy atom. The van der Waals surface area contributed by atoms with Gasteiger partial charge in [-0.3, -0.25) is 4.90 Å². The minimum Gasteiger partial charge on any atom is -0.372 e. The van der Waals surface area contributed by atoms with Crippen LogP contribution >= 0.6 is 0 Å². The normalized spacial score (nSPS) is 33.8. The van der Waals surface area contributed by atoms with Gasteiger partial charge in [0.05, 0.1) is 12.2 Å². The average Bonchev–Trinajstić information content (AvgIpc) is 2.68. The van der Waals surface area contributed by atoms with Crippen LogP contribution in [0.15, 0.2) is 0 Å². The van der Waals surface area contributed by atoms with Gasteiger partial charge in [-0.15, -0.1) is 0 Å². The van der Waals surface area contributed by atoms with Gasteiger partial charge in [-0.1, -0.05) is 0 Å². The van der Waals surface area contributed by atoms with Crippen LogP contribution in [0.5, 0.6) is 0 Å². The maximum Gasteiger partial charge on any atom is 0.0718 e. The standard InChI is InChI=1S/C12H24N2O/c1-10(2)14-7-5-12(9-14)15-11-4-3-6-13-8-11/h10-13H,3-9H2,1-2H3. The zero-order chi connectivity index (χ0) is 10.7. The Morgan fingerprint density at radius 3 is 2.73 bits per heavy atom. The number of hydrogen-bond acceptors (Lipinski definition) is 3. The molecule has 0 spiro atoms. The topological polar surface area (TPSA) is 24.5 Å². The molecule has 2 aliphatic rings. The van der Waals surface area contributed by atoms with Crippen LogP contribution in [0, 0.1) is 0 Å². The Kier molecular flexibility index (Phi) is 4.00. The molecule has 15 heavy (non-hydrogen) atoms. The summed E-state index contributed by atoms with van der Waals surface area (Å²) in [6, 6.07) is 0.670. The van der Waals surface area contributed by atoms with Gasteiger partial charge in [0.2, 0.25) is 0 Å². The molecule has 2 aliphatic heterocycles. The summed E-state index contributed by atoms with van der Waals surface area (Å²) < 4.78 is 6.13. The number of likely N-dealkylation sites (tertiary alicyclic amines) is 1. The molecule has 88 valence electrons. The monoisotopic (exact) mass is 212 g/mol. The first-order valence-electron chi connectivity index (χ1n) is 6.36. The lowest BCUT2D eigenvalue weighted by molar-refractivity contribution is -0.0182. The van der Waals surface area contributed by atoms with E-state index in [-0.39, 0.29) is 0 Å². The number of nitrogens with zero attached hydrogens (tertiary/aromatic N) is 1. The molecule has 2 rings (SSSR count). The minimum atomic E-state index is 0.468. The molecule has 0 aliphatic carbocycles. The number of ether oxygens (including phenoxy) is 1. The second kappa shape index (κ2) is 5.28. The van der Waals surface area contributed by atoms with E-state index in [0.717, 1.165) is 13.1 Å². The Bertz CT molecular complexity index is 190. The summed E-state index contributed by atoms with van der Waals surface area (Å²) in [6.45, 7) is 9.10. The van der Waals surface area contributed by atoms with Gasteiger partial charge in [0.15, 0.2) is 0 Å². The molecule has 0 saturated carbocycles. The van der Waals surface area contributed by atoms with Crippen molar-refractivity contribution in [2.75, 3.05) is 26.2 Å². The van der Waals surface area contributed by atoms with Gasteiger partial charge in [0.1, 0.15) is 0 Å². The highest BCUT2D eigenvalue weighted by Gasteiger charge is 2.27. The summed E-state index contributed by atoms with van der Waals surface area (Å²) in [4.78, 5) is 2.51. The molecular weight excluding hydrogens is 188 g/mol. The van der Waals surface area contributed by atoms with E-state index in [2.05, 4.69) is 24.1 Å². The summed E-state index contributed by atoms with van der Waals surface area (Å²) in [5.41, 5.74) is 0. The molecule has 3 nitrogen and oxygen atoms in total. The molecular formula is C12H24N2O. The Hall–Kier alpha value is -0.120. The zero-order valence-electron chi connectivity index (χ0n) is 10.0. The summed E-state index contributed by atoms with van der Waals surface area (Å²) in [7, 11) is 0. The van der Waals surface area contributed by atoms with Crippen molar-refractivity contribution in [1.82, 2.24) is 10.2 Å². The van der Waals surface area contributed by atoms with Crippen molar-refractivity contribution in [2.45, 2.75) is 51.4 Å². The predicted molar refractivity (Wildman–Crippen MR) is 62.1 cm³/mol. The van der Waals surface area contributed by atoms with Gasteiger partial charge in [-0.25, -0.2) is 0 Å². The molecule has 2 atom stereocenters. The Labute approximate surface area is 93.2 Å². The van der Waals surface area contributed by atoms with E-state index in [1.165, 1.54) is 32.4 Å². The Morgan fingerprint density at radius 2 is 2.13 bits per heavy atom. The van der Waals surface area contributed by atoms with E-state index in [1.54, 1.807) is 0 Å². The van der Waals surface area contributed by atoms with Gasteiger partial charge >= 0.3 is 0 Å².